The summed E-state index contributed by atoms with van der Waals surface area (Å²) in [4.78, 5) is 24.0. The number of nitrogens with zero attached hydrogens (tertiary/aromatic N) is 1. The smallest absolute Gasteiger partial charge is 0.278 e. The lowest BCUT2D eigenvalue weighted by molar-refractivity contribution is 0.101. The predicted octanol–water partition coefficient (Wildman–Crippen LogP) is 4.63. The SMILES string of the molecule is CC(=O)c1ccc(NC(=O)c2noc(C)c2COc2cc(C)ccc2C)cc1. The van der Waals surface area contributed by atoms with Gasteiger partial charge in [0.1, 0.15) is 18.1 Å². The molecule has 3 rings (SSSR count). The molecule has 0 radical (unpaired) electrons. The molecule has 28 heavy (non-hydrogen) atoms. The second kappa shape index (κ2) is 8.08. The number of benzene rings is 2. The molecule has 6 heteroatoms. The lowest BCUT2D eigenvalue weighted by atomic mass is 10.1. The zero-order valence-electron chi connectivity index (χ0n) is 16.3. The van der Waals surface area contributed by atoms with Gasteiger partial charge in [0.2, 0.25) is 0 Å². The maximum absolute atomic E-state index is 12.6. The van der Waals surface area contributed by atoms with E-state index in [0.29, 0.717) is 22.6 Å². The van der Waals surface area contributed by atoms with Crippen LogP contribution in [0.2, 0.25) is 0 Å². The van der Waals surface area contributed by atoms with Crippen LogP contribution in [0.15, 0.2) is 47.0 Å². The zero-order valence-corrected chi connectivity index (χ0v) is 16.3. The van der Waals surface area contributed by atoms with E-state index in [1.807, 2.05) is 32.0 Å². The summed E-state index contributed by atoms with van der Waals surface area (Å²) < 4.78 is 11.1. The van der Waals surface area contributed by atoms with Crippen LogP contribution in [0.25, 0.3) is 0 Å². The molecule has 0 spiro atoms. The van der Waals surface area contributed by atoms with E-state index in [0.717, 1.165) is 16.9 Å². The Morgan fingerprint density at radius 3 is 2.46 bits per heavy atom. The zero-order chi connectivity index (χ0) is 20.3. The van der Waals surface area contributed by atoms with Crippen LogP contribution < -0.4 is 10.1 Å². The number of amides is 1. The summed E-state index contributed by atoms with van der Waals surface area (Å²) in [5.41, 5.74) is 4.03. The molecule has 0 bridgehead atoms. The number of aromatic nitrogens is 1. The minimum atomic E-state index is -0.396. The summed E-state index contributed by atoms with van der Waals surface area (Å²) >= 11 is 0. The summed E-state index contributed by atoms with van der Waals surface area (Å²) in [7, 11) is 0. The molecular weight excluding hydrogens is 356 g/mol. The molecule has 144 valence electrons. The minimum Gasteiger partial charge on any atom is -0.488 e. The number of aryl methyl sites for hydroxylation is 3. The third-order valence-corrected chi connectivity index (χ3v) is 4.46. The van der Waals surface area contributed by atoms with E-state index in [9.17, 15) is 9.59 Å². The first-order chi connectivity index (χ1) is 13.3. The van der Waals surface area contributed by atoms with Crippen LogP contribution in [0, 0.1) is 20.8 Å². The van der Waals surface area contributed by atoms with E-state index in [2.05, 4.69) is 10.5 Å². The standard InChI is InChI=1S/C22H22N2O4/c1-13-5-6-14(2)20(11-13)27-12-19-16(4)28-24-21(19)22(26)23-18-9-7-17(8-10-18)15(3)25/h5-11H,12H2,1-4H3,(H,23,26). The second-order valence-corrected chi connectivity index (χ2v) is 6.71. The Labute approximate surface area is 163 Å². The van der Waals surface area contributed by atoms with E-state index < -0.39 is 5.91 Å². The molecule has 0 saturated heterocycles. The predicted molar refractivity (Wildman–Crippen MR) is 106 cm³/mol. The third-order valence-electron chi connectivity index (χ3n) is 4.46. The van der Waals surface area contributed by atoms with Crippen molar-refractivity contribution in [3.63, 3.8) is 0 Å². The van der Waals surface area contributed by atoms with E-state index in [4.69, 9.17) is 9.26 Å². The third kappa shape index (κ3) is 4.28. The van der Waals surface area contributed by atoms with Gasteiger partial charge in [-0.3, -0.25) is 9.59 Å². The van der Waals surface area contributed by atoms with Crippen molar-refractivity contribution in [2.24, 2.45) is 0 Å². The summed E-state index contributed by atoms with van der Waals surface area (Å²) in [5, 5.41) is 6.66. The Morgan fingerprint density at radius 2 is 1.79 bits per heavy atom. The summed E-state index contributed by atoms with van der Waals surface area (Å²) in [6, 6.07) is 12.6. The average molecular weight is 378 g/mol. The van der Waals surface area contributed by atoms with Crippen molar-refractivity contribution in [1.29, 1.82) is 0 Å². The monoisotopic (exact) mass is 378 g/mol. The van der Waals surface area contributed by atoms with Crippen LogP contribution in [-0.4, -0.2) is 16.8 Å². The fraction of sp³-hybridized carbons (Fsp3) is 0.227. The van der Waals surface area contributed by atoms with Crippen molar-refractivity contribution >= 4 is 17.4 Å². The molecule has 0 aliphatic carbocycles. The summed E-state index contributed by atoms with van der Waals surface area (Å²) in [6.45, 7) is 7.37. The molecule has 1 N–H and O–H groups in total. The maximum Gasteiger partial charge on any atom is 0.278 e. The van der Waals surface area contributed by atoms with E-state index >= 15 is 0 Å². The lowest BCUT2D eigenvalue weighted by Gasteiger charge is -2.10. The fourth-order valence-electron chi connectivity index (χ4n) is 2.73. The molecular formula is C22H22N2O4. The van der Waals surface area contributed by atoms with Gasteiger partial charge in [0.05, 0.1) is 5.56 Å². The van der Waals surface area contributed by atoms with E-state index in [-0.39, 0.29) is 18.1 Å². The average Bonchev–Trinajstić information content (AvgIpc) is 3.03. The Hall–Kier alpha value is -3.41. The number of Topliss-reactive ketones (excluding diaryl/α,β-unsaturated/α-hetero) is 1. The van der Waals surface area contributed by atoms with Gasteiger partial charge in [-0.05, 0) is 69.2 Å². The van der Waals surface area contributed by atoms with Gasteiger partial charge in [-0.15, -0.1) is 0 Å². The van der Waals surface area contributed by atoms with Gasteiger partial charge in [0.25, 0.3) is 5.91 Å². The number of carbonyl (C=O) groups is 2. The van der Waals surface area contributed by atoms with E-state index in [1.54, 1.807) is 31.2 Å². The van der Waals surface area contributed by atoms with Crippen molar-refractivity contribution in [3.8, 4) is 5.75 Å². The number of anilines is 1. The first-order valence-electron chi connectivity index (χ1n) is 8.92. The van der Waals surface area contributed by atoms with Gasteiger partial charge in [0.15, 0.2) is 11.5 Å². The molecule has 0 fully saturated rings. The quantitative estimate of drug-likeness (QED) is 0.632. The molecule has 0 atom stereocenters. The largest absolute Gasteiger partial charge is 0.488 e. The molecule has 2 aromatic carbocycles. The molecule has 6 nitrogen and oxygen atoms in total. The molecule has 0 saturated carbocycles. The maximum atomic E-state index is 12.6. The Kier molecular flexibility index (Phi) is 5.59. The molecule has 0 aliphatic rings. The Balaban J connectivity index is 1.75. The Morgan fingerprint density at radius 1 is 1.07 bits per heavy atom. The number of hydrogen-bond donors (Lipinski definition) is 1. The van der Waals surface area contributed by atoms with Gasteiger partial charge < -0.3 is 14.6 Å². The van der Waals surface area contributed by atoms with Crippen LogP contribution >= 0.6 is 0 Å². The van der Waals surface area contributed by atoms with Gasteiger partial charge in [-0.25, -0.2) is 0 Å². The minimum absolute atomic E-state index is 0.0316. The molecule has 3 aromatic rings. The Bertz CT molecular complexity index is 1020. The number of ketones is 1. The van der Waals surface area contributed by atoms with Gasteiger partial charge in [0, 0.05) is 11.3 Å². The number of carbonyl (C=O) groups excluding carboxylic acids is 2. The number of nitrogens with one attached hydrogen (secondary N) is 1. The van der Waals surface area contributed by atoms with Gasteiger partial charge in [-0.1, -0.05) is 17.3 Å². The highest BCUT2D eigenvalue weighted by Gasteiger charge is 2.21. The normalized spacial score (nSPS) is 10.6. The molecule has 0 unspecified atom stereocenters. The summed E-state index contributed by atoms with van der Waals surface area (Å²) in [6.07, 6.45) is 0. The van der Waals surface area contributed by atoms with Crippen LogP contribution in [0.5, 0.6) is 5.75 Å². The first kappa shape index (κ1) is 19.4. The van der Waals surface area contributed by atoms with Crippen molar-refractivity contribution in [3.05, 3.63) is 76.2 Å². The van der Waals surface area contributed by atoms with Crippen molar-refractivity contribution < 1.29 is 18.8 Å². The van der Waals surface area contributed by atoms with Crippen molar-refractivity contribution in [2.75, 3.05) is 5.32 Å². The second-order valence-electron chi connectivity index (χ2n) is 6.71. The molecule has 1 aromatic heterocycles. The van der Waals surface area contributed by atoms with Crippen molar-refractivity contribution in [1.82, 2.24) is 5.16 Å². The first-order valence-corrected chi connectivity index (χ1v) is 8.92. The molecule has 1 heterocycles. The number of rotatable bonds is 6. The van der Waals surface area contributed by atoms with Crippen molar-refractivity contribution in [2.45, 2.75) is 34.3 Å². The van der Waals surface area contributed by atoms with Crippen LogP contribution in [0.3, 0.4) is 0 Å². The highest BCUT2D eigenvalue weighted by atomic mass is 16.5. The summed E-state index contributed by atoms with van der Waals surface area (Å²) in [5.74, 6) is 0.858. The fourth-order valence-corrected chi connectivity index (χ4v) is 2.73. The highest BCUT2D eigenvalue weighted by molar-refractivity contribution is 6.04. The molecule has 1 amide bonds. The van der Waals surface area contributed by atoms with Crippen LogP contribution in [0.4, 0.5) is 5.69 Å². The highest BCUT2D eigenvalue weighted by Crippen LogP contribution is 2.23. The van der Waals surface area contributed by atoms with E-state index in [1.165, 1.54) is 6.92 Å². The van der Waals surface area contributed by atoms with Gasteiger partial charge in [-0.2, -0.15) is 0 Å². The van der Waals surface area contributed by atoms with Crippen LogP contribution in [0.1, 0.15) is 50.2 Å². The lowest BCUT2D eigenvalue weighted by Crippen LogP contribution is -2.15. The topological polar surface area (TPSA) is 81.4 Å². The molecule has 0 aliphatic heterocycles. The number of ether oxygens (including phenoxy) is 1. The van der Waals surface area contributed by atoms with Gasteiger partial charge >= 0.3 is 0 Å². The van der Waals surface area contributed by atoms with Crippen LogP contribution in [-0.2, 0) is 6.61 Å². The number of hydrogen-bond acceptors (Lipinski definition) is 5.